The molecule has 2 aromatic carbocycles. The minimum absolute atomic E-state index is 0.248. The first kappa shape index (κ1) is 17.8. The van der Waals surface area contributed by atoms with Crippen LogP contribution in [-0.4, -0.2) is 5.91 Å². The van der Waals surface area contributed by atoms with Crippen LogP contribution < -0.4 is 5.32 Å². The first-order valence-electron chi connectivity index (χ1n) is 7.30. The van der Waals surface area contributed by atoms with Crippen LogP contribution >= 0.6 is 39.1 Å². The molecule has 0 unspecified atom stereocenters. The molecule has 3 aromatic rings. The number of carbonyl (C=O) groups is 1. The first-order chi connectivity index (χ1) is 12.0. The van der Waals surface area contributed by atoms with Crippen LogP contribution in [0.15, 0.2) is 69.6 Å². The Morgan fingerprint density at radius 3 is 2.52 bits per heavy atom. The van der Waals surface area contributed by atoms with Crippen molar-refractivity contribution in [3.8, 4) is 11.3 Å². The van der Waals surface area contributed by atoms with E-state index < -0.39 is 0 Å². The zero-order chi connectivity index (χ0) is 17.8. The van der Waals surface area contributed by atoms with Crippen molar-refractivity contribution in [2.45, 2.75) is 0 Å². The Morgan fingerprint density at radius 2 is 1.80 bits per heavy atom. The van der Waals surface area contributed by atoms with Gasteiger partial charge in [0.2, 0.25) is 5.91 Å². The van der Waals surface area contributed by atoms with Gasteiger partial charge in [-0.3, -0.25) is 4.79 Å². The second-order valence-corrected chi connectivity index (χ2v) is 6.98. The number of rotatable bonds is 4. The van der Waals surface area contributed by atoms with Crippen LogP contribution in [0, 0.1) is 0 Å². The van der Waals surface area contributed by atoms with Gasteiger partial charge in [-0.1, -0.05) is 45.2 Å². The molecular formula is C19H12BrCl2NO2. The summed E-state index contributed by atoms with van der Waals surface area (Å²) in [5.41, 5.74) is 1.48. The molecule has 0 radical (unpaired) electrons. The van der Waals surface area contributed by atoms with Crippen molar-refractivity contribution >= 4 is 56.8 Å². The molecule has 1 amide bonds. The standard InChI is InChI=1S/C19H12BrCl2NO2/c20-13-2-1-3-16(10-13)23-19(24)7-5-17-4-6-18(25-17)12-8-14(21)11-15(22)9-12/h1-11H,(H,23,24). The molecule has 25 heavy (non-hydrogen) atoms. The number of furan rings is 1. The lowest BCUT2D eigenvalue weighted by Gasteiger charge is -2.01. The summed E-state index contributed by atoms with van der Waals surface area (Å²) in [5.74, 6) is 0.925. The van der Waals surface area contributed by atoms with E-state index in [1.807, 2.05) is 24.3 Å². The van der Waals surface area contributed by atoms with Gasteiger partial charge in [0.1, 0.15) is 11.5 Å². The Bertz CT molecular complexity index is 930. The highest BCUT2D eigenvalue weighted by molar-refractivity contribution is 9.10. The van der Waals surface area contributed by atoms with Gasteiger partial charge in [0.05, 0.1) is 0 Å². The van der Waals surface area contributed by atoms with Crippen LogP contribution in [0.4, 0.5) is 5.69 Å². The van der Waals surface area contributed by atoms with E-state index in [2.05, 4.69) is 21.2 Å². The van der Waals surface area contributed by atoms with Crippen LogP contribution in [0.5, 0.6) is 0 Å². The van der Waals surface area contributed by atoms with Gasteiger partial charge in [0, 0.05) is 31.8 Å². The summed E-state index contributed by atoms with van der Waals surface area (Å²) in [7, 11) is 0. The van der Waals surface area contributed by atoms with E-state index in [0.29, 0.717) is 27.3 Å². The van der Waals surface area contributed by atoms with E-state index in [1.54, 1.807) is 36.4 Å². The summed E-state index contributed by atoms with van der Waals surface area (Å²) in [6.45, 7) is 0. The van der Waals surface area contributed by atoms with Gasteiger partial charge in [-0.05, 0) is 54.6 Å². The monoisotopic (exact) mass is 435 g/mol. The Labute approximate surface area is 163 Å². The molecular weight excluding hydrogens is 425 g/mol. The second kappa shape index (κ2) is 7.91. The maximum absolute atomic E-state index is 12.0. The molecule has 0 fully saturated rings. The molecule has 0 atom stereocenters. The Kier molecular flexibility index (Phi) is 5.63. The van der Waals surface area contributed by atoms with E-state index in [9.17, 15) is 4.79 Å². The number of amides is 1. The molecule has 1 aromatic heterocycles. The smallest absolute Gasteiger partial charge is 0.248 e. The number of carbonyl (C=O) groups excluding carboxylic acids is 1. The van der Waals surface area contributed by atoms with E-state index in [-0.39, 0.29) is 5.91 Å². The van der Waals surface area contributed by atoms with E-state index >= 15 is 0 Å². The maximum Gasteiger partial charge on any atom is 0.248 e. The summed E-state index contributed by atoms with van der Waals surface area (Å²) >= 11 is 15.4. The number of nitrogens with one attached hydrogen (secondary N) is 1. The molecule has 0 aliphatic heterocycles. The highest BCUT2D eigenvalue weighted by Crippen LogP contribution is 2.29. The van der Waals surface area contributed by atoms with Crippen LogP contribution in [-0.2, 0) is 4.79 Å². The fraction of sp³-hybridized carbons (Fsp3) is 0. The molecule has 0 saturated heterocycles. The third-order valence-electron chi connectivity index (χ3n) is 3.26. The van der Waals surface area contributed by atoms with Gasteiger partial charge in [-0.25, -0.2) is 0 Å². The summed E-state index contributed by atoms with van der Waals surface area (Å²) in [6.07, 6.45) is 3.01. The Hall–Kier alpha value is -2.01. The van der Waals surface area contributed by atoms with Crippen molar-refractivity contribution in [3.63, 3.8) is 0 Å². The van der Waals surface area contributed by atoms with Gasteiger partial charge in [0.25, 0.3) is 0 Å². The van der Waals surface area contributed by atoms with E-state index in [1.165, 1.54) is 6.08 Å². The van der Waals surface area contributed by atoms with Gasteiger partial charge < -0.3 is 9.73 Å². The third-order valence-corrected chi connectivity index (χ3v) is 4.19. The largest absolute Gasteiger partial charge is 0.457 e. The second-order valence-electron chi connectivity index (χ2n) is 5.19. The zero-order valence-electron chi connectivity index (χ0n) is 12.8. The minimum Gasteiger partial charge on any atom is -0.457 e. The summed E-state index contributed by atoms with van der Waals surface area (Å²) in [6, 6.07) is 16.1. The molecule has 0 aliphatic rings. The Balaban J connectivity index is 1.70. The molecule has 6 heteroatoms. The zero-order valence-corrected chi connectivity index (χ0v) is 15.9. The van der Waals surface area contributed by atoms with E-state index in [0.717, 1.165) is 10.0 Å². The van der Waals surface area contributed by atoms with Crippen molar-refractivity contribution < 1.29 is 9.21 Å². The third kappa shape index (κ3) is 4.98. The fourth-order valence-electron chi connectivity index (χ4n) is 2.20. The number of halogens is 3. The highest BCUT2D eigenvalue weighted by Gasteiger charge is 2.06. The van der Waals surface area contributed by atoms with Crippen molar-refractivity contribution in [1.29, 1.82) is 0 Å². The number of hydrogen-bond donors (Lipinski definition) is 1. The highest BCUT2D eigenvalue weighted by atomic mass is 79.9. The van der Waals surface area contributed by atoms with Crippen molar-refractivity contribution in [2.75, 3.05) is 5.32 Å². The van der Waals surface area contributed by atoms with Gasteiger partial charge in [0.15, 0.2) is 0 Å². The lowest BCUT2D eigenvalue weighted by atomic mass is 10.2. The van der Waals surface area contributed by atoms with Gasteiger partial charge in [-0.2, -0.15) is 0 Å². The molecule has 0 aliphatic carbocycles. The van der Waals surface area contributed by atoms with Crippen LogP contribution in [0.25, 0.3) is 17.4 Å². The Morgan fingerprint density at radius 1 is 1.04 bits per heavy atom. The van der Waals surface area contributed by atoms with Gasteiger partial charge >= 0.3 is 0 Å². The molecule has 3 nitrogen and oxygen atoms in total. The average molecular weight is 437 g/mol. The van der Waals surface area contributed by atoms with E-state index in [4.69, 9.17) is 27.6 Å². The topological polar surface area (TPSA) is 42.2 Å². The lowest BCUT2D eigenvalue weighted by Crippen LogP contribution is -2.07. The molecule has 1 heterocycles. The molecule has 3 rings (SSSR count). The predicted molar refractivity (Wildman–Crippen MR) is 106 cm³/mol. The summed E-state index contributed by atoms with van der Waals surface area (Å²) in [4.78, 5) is 12.0. The normalized spacial score (nSPS) is 11.0. The fourth-order valence-corrected chi connectivity index (χ4v) is 3.13. The average Bonchev–Trinajstić information content (AvgIpc) is 3.01. The molecule has 0 spiro atoms. The first-order valence-corrected chi connectivity index (χ1v) is 8.85. The molecule has 1 N–H and O–H groups in total. The molecule has 126 valence electrons. The quantitative estimate of drug-likeness (QED) is 0.464. The van der Waals surface area contributed by atoms with Crippen LogP contribution in [0.3, 0.4) is 0 Å². The summed E-state index contributed by atoms with van der Waals surface area (Å²) < 4.78 is 6.60. The molecule has 0 bridgehead atoms. The number of hydrogen-bond acceptors (Lipinski definition) is 2. The number of benzene rings is 2. The molecule has 0 saturated carbocycles. The van der Waals surface area contributed by atoms with Crippen LogP contribution in [0.2, 0.25) is 10.0 Å². The summed E-state index contributed by atoms with van der Waals surface area (Å²) in [5, 5.41) is 3.84. The minimum atomic E-state index is -0.248. The number of anilines is 1. The van der Waals surface area contributed by atoms with Crippen LogP contribution in [0.1, 0.15) is 5.76 Å². The SMILES string of the molecule is O=C(C=Cc1ccc(-c2cc(Cl)cc(Cl)c2)o1)Nc1cccc(Br)c1. The lowest BCUT2D eigenvalue weighted by molar-refractivity contribution is -0.111. The van der Waals surface area contributed by atoms with Gasteiger partial charge in [-0.15, -0.1) is 0 Å². The maximum atomic E-state index is 12.0. The van der Waals surface area contributed by atoms with Crippen molar-refractivity contribution in [3.05, 3.63) is 81.0 Å². The predicted octanol–water partition coefficient (Wildman–Crippen LogP) is 6.67. The van der Waals surface area contributed by atoms with Crippen molar-refractivity contribution in [2.24, 2.45) is 0 Å². The van der Waals surface area contributed by atoms with Crippen molar-refractivity contribution in [1.82, 2.24) is 0 Å².